The lowest BCUT2D eigenvalue weighted by Crippen LogP contribution is -2.52. The Morgan fingerprint density at radius 1 is 1.31 bits per heavy atom. The monoisotopic (exact) mass is 398 g/mol. The molecule has 5 nitrogen and oxygen atoms in total. The zero-order valence-electron chi connectivity index (χ0n) is 16.8. The summed E-state index contributed by atoms with van der Waals surface area (Å²) < 4.78 is 25.6. The maximum absolute atomic E-state index is 13.4. The lowest BCUT2D eigenvalue weighted by atomic mass is 9.83. The predicted molar refractivity (Wildman–Crippen MR) is 107 cm³/mol. The van der Waals surface area contributed by atoms with Crippen molar-refractivity contribution in [1.82, 2.24) is 9.88 Å². The summed E-state index contributed by atoms with van der Waals surface area (Å²) in [6.45, 7) is 4.00. The molecular weight excluding hydrogens is 371 g/mol. The van der Waals surface area contributed by atoms with Crippen LogP contribution < -0.4 is 4.74 Å². The number of aromatic nitrogens is 1. The molecule has 1 unspecified atom stereocenters. The zero-order valence-corrected chi connectivity index (χ0v) is 16.8. The van der Waals surface area contributed by atoms with Gasteiger partial charge in [-0.1, -0.05) is 12.1 Å². The van der Waals surface area contributed by atoms with Crippen molar-refractivity contribution >= 4 is 5.91 Å². The Balaban J connectivity index is 1.32. The van der Waals surface area contributed by atoms with Gasteiger partial charge in [-0.3, -0.25) is 4.79 Å². The summed E-state index contributed by atoms with van der Waals surface area (Å²) in [5, 5.41) is 0. The van der Waals surface area contributed by atoms with E-state index in [0.717, 1.165) is 31.2 Å². The van der Waals surface area contributed by atoms with Crippen LogP contribution >= 0.6 is 0 Å². The third-order valence-electron chi connectivity index (χ3n) is 5.90. The van der Waals surface area contributed by atoms with Crippen LogP contribution in [-0.4, -0.2) is 47.2 Å². The van der Waals surface area contributed by atoms with E-state index in [4.69, 9.17) is 9.47 Å². The molecule has 0 aliphatic carbocycles. The van der Waals surface area contributed by atoms with Crippen LogP contribution in [0, 0.1) is 12.7 Å². The number of likely N-dealkylation sites (tertiary alicyclic amines) is 1. The van der Waals surface area contributed by atoms with Crippen LogP contribution in [0.2, 0.25) is 0 Å². The first-order valence-electron chi connectivity index (χ1n) is 10.3. The fourth-order valence-electron chi connectivity index (χ4n) is 4.27. The second-order valence-electron chi connectivity index (χ2n) is 8.12. The molecular formula is C23H27FN2O3. The van der Waals surface area contributed by atoms with Crippen molar-refractivity contribution in [1.29, 1.82) is 0 Å². The number of ether oxygens (including phenoxy) is 2. The van der Waals surface area contributed by atoms with E-state index in [1.807, 2.05) is 24.0 Å². The van der Waals surface area contributed by atoms with Crippen molar-refractivity contribution in [3.8, 4) is 5.88 Å². The zero-order chi connectivity index (χ0) is 20.3. The summed E-state index contributed by atoms with van der Waals surface area (Å²) in [6, 6.07) is 10.2. The molecule has 6 heteroatoms. The topological polar surface area (TPSA) is 51.7 Å². The molecule has 2 fully saturated rings. The van der Waals surface area contributed by atoms with Gasteiger partial charge in [-0.25, -0.2) is 9.37 Å². The van der Waals surface area contributed by atoms with Crippen molar-refractivity contribution in [3.05, 3.63) is 59.5 Å². The van der Waals surface area contributed by atoms with Gasteiger partial charge in [0, 0.05) is 38.2 Å². The molecule has 0 N–H and O–H groups in total. The van der Waals surface area contributed by atoms with Gasteiger partial charge >= 0.3 is 0 Å². The number of halogens is 1. The minimum atomic E-state index is -0.308. The number of hydrogen-bond donors (Lipinski definition) is 0. The van der Waals surface area contributed by atoms with E-state index in [1.165, 1.54) is 12.1 Å². The van der Waals surface area contributed by atoms with Gasteiger partial charge in [0.05, 0.1) is 18.6 Å². The molecule has 1 amide bonds. The molecule has 2 saturated heterocycles. The minimum absolute atomic E-state index is 0.0398. The van der Waals surface area contributed by atoms with Gasteiger partial charge in [-0.2, -0.15) is 0 Å². The van der Waals surface area contributed by atoms with Gasteiger partial charge in [-0.15, -0.1) is 0 Å². The fraction of sp³-hybridized carbons (Fsp3) is 0.478. The molecule has 29 heavy (non-hydrogen) atoms. The Hall–Kier alpha value is -2.47. The van der Waals surface area contributed by atoms with Crippen LogP contribution in [0.3, 0.4) is 0 Å². The molecule has 1 spiro atoms. The predicted octanol–water partition coefficient (Wildman–Crippen LogP) is 3.69. The number of aryl methyl sites for hydroxylation is 1. The first-order valence-corrected chi connectivity index (χ1v) is 10.3. The Morgan fingerprint density at radius 2 is 2.14 bits per heavy atom. The van der Waals surface area contributed by atoms with Crippen molar-refractivity contribution in [2.75, 3.05) is 19.7 Å². The van der Waals surface area contributed by atoms with Crippen LogP contribution in [-0.2, 0) is 16.0 Å². The highest BCUT2D eigenvalue weighted by molar-refractivity contribution is 5.78. The third kappa shape index (κ3) is 4.93. The number of carbonyl (C=O) groups excluding carboxylic acids is 1. The highest BCUT2D eigenvalue weighted by Crippen LogP contribution is 2.36. The van der Waals surface area contributed by atoms with Gasteiger partial charge in [-0.05, 0) is 49.1 Å². The molecule has 2 aliphatic heterocycles. The summed E-state index contributed by atoms with van der Waals surface area (Å²) in [7, 11) is 0. The summed E-state index contributed by atoms with van der Waals surface area (Å²) in [5.41, 5.74) is 1.60. The molecule has 154 valence electrons. The first kappa shape index (κ1) is 19.8. The van der Waals surface area contributed by atoms with E-state index in [-0.39, 0.29) is 29.9 Å². The van der Waals surface area contributed by atoms with Crippen LogP contribution in [0.4, 0.5) is 4.39 Å². The average molecular weight is 398 g/mol. The Kier molecular flexibility index (Phi) is 5.81. The summed E-state index contributed by atoms with van der Waals surface area (Å²) in [5.74, 6) is 0.394. The Morgan fingerprint density at radius 3 is 2.90 bits per heavy atom. The highest BCUT2D eigenvalue weighted by Gasteiger charge is 2.42. The van der Waals surface area contributed by atoms with E-state index in [2.05, 4.69) is 4.98 Å². The van der Waals surface area contributed by atoms with E-state index < -0.39 is 0 Å². The largest absolute Gasteiger partial charge is 0.474 e. The molecule has 1 atom stereocenters. The normalized spacial score (nSPS) is 21.2. The number of pyridine rings is 1. The third-order valence-corrected chi connectivity index (χ3v) is 5.90. The van der Waals surface area contributed by atoms with Crippen LogP contribution in [0.25, 0.3) is 0 Å². The van der Waals surface area contributed by atoms with Crippen LogP contribution in [0.1, 0.15) is 36.8 Å². The number of carbonyl (C=O) groups is 1. The van der Waals surface area contributed by atoms with Gasteiger partial charge in [0.2, 0.25) is 11.8 Å². The summed E-state index contributed by atoms with van der Waals surface area (Å²) >= 11 is 0. The van der Waals surface area contributed by atoms with Crippen molar-refractivity contribution < 1.29 is 18.7 Å². The second-order valence-corrected chi connectivity index (χ2v) is 8.12. The molecule has 0 radical (unpaired) electrons. The van der Waals surface area contributed by atoms with Crippen molar-refractivity contribution in [2.24, 2.45) is 0 Å². The van der Waals surface area contributed by atoms with E-state index in [0.29, 0.717) is 31.1 Å². The minimum Gasteiger partial charge on any atom is -0.474 e. The van der Waals surface area contributed by atoms with E-state index >= 15 is 0 Å². The summed E-state index contributed by atoms with van der Waals surface area (Å²) in [4.78, 5) is 18.8. The lowest BCUT2D eigenvalue weighted by molar-refractivity contribution is -0.151. The Bertz CT molecular complexity index is 865. The number of hydrogen-bond acceptors (Lipinski definition) is 4. The number of rotatable bonds is 4. The van der Waals surface area contributed by atoms with Gasteiger partial charge in [0.1, 0.15) is 11.9 Å². The first-order chi connectivity index (χ1) is 14.0. The summed E-state index contributed by atoms with van der Waals surface area (Å²) in [6.07, 6.45) is 5.33. The maximum atomic E-state index is 13.4. The molecule has 1 aromatic carbocycles. The molecule has 3 heterocycles. The maximum Gasteiger partial charge on any atom is 0.226 e. The van der Waals surface area contributed by atoms with Crippen molar-refractivity contribution in [2.45, 2.75) is 50.7 Å². The standard InChI is InChI=1S/C23H27FN2O3/c1-17-5-9-25-21(13-17)29-20-6-12-28-23(16-20)7-10-26(11-8-23)22(27)15-18-3-2-4-19(24)14-18/h2-5,9,13-14,20H,6-8,10-12,15-16H2,1H3. The second kappa shape index (κ2) is 8.49. The van der Waals surface area contributed by atoms with E-state index in [1.54, 1.807) is 18.3 Å². The van der Waals surface area contributed by atoms with Gasteiger partial charge in [0.25, 0.3) is 0 Å². The van der Waals surface area contributed by atoms with Crippen molar-refractivity contribution in [3.63, 3.8) is 0 Å². The molecule has 0 saturated carbocycles. The fourth-order valence-corrected chi connectivity index (χ4v) is 4.27. The van der Waals surface area contributed by atoms with Gasteiger partial charge in [0.15, 0.2) is 0 Å². The Labute approximate surface area is 170 Å². The number of nitrogens with zero attached hydrogens (tertiary/aromatic N) is 2. The number of benzene rings is 1. The smallest absolute Gasteiger partial charge is 0.226 e. The molecule has 2 aliphatic rings. The van der Waals surface area contributed by atoms with Gasteiger partial charge < -0.3 is 14.4 Å². The number of piperidine rings is 1. The molecule has 4 rings (SSSR count). The molecule has 1 aromatic heterocycles. The van der Waals surface area contributed by atoms with Crippen LogP contribution in [0.15, 0.2) is 42.6 Å². The average Bonchev–Trinajstić information content (AvgIpc) is 2.69. The molecule has 2 aromatic rings. The molecule has 0 bridgehead atoms. The van der Waals surface area contributed by atoms with E-state index in [9.17, 15) is 9.18 Å². The quantitative estimate of drug-likeness (QED) is 0.788. The van der Waals surface area contributed by atoms with Crippen LogP contribution in [0.5, 0.6) is 5.88 Å². The number of amides is 1. The SMILES string of the molecule is Cc1ccnc(OC2CCOC3(CCN(C(=O)Cc4cccc(F)c4)CC3)C2)c1. The highest BCUT2D eigenvalue weighted by atomic mass is 19.1. The lowest BCUT2D eigenvalue weighted by Gasteiger charge is -2.46.